The number of nitro benzene ring substituents is 1. The van der Waals surface area contributed by atoms with Gasteiger partial charge in [0.2, 0.25) is 0 Å². The monoisotopic (exact) mass is 475 g/mol. The number of anilines is 2. The highest BCUT2D eigenvalue weighted by atomic mass is 32.1. The molecule has 0 saturated carbocycles. The summed E-state index contributed by atoms with van der Waals surface area (Å²) in [5.41, 5.74) is 2.87. The number of nitrogens with zero attached hydrogens (tertiary/aromatic N) is 3. The number of thiocarbonyl (C=S) groups is 1. The van der Waals surface area contributed by atoms with Crippen LogP contribution in [0.4, 0.5) is 17.1 Å². The summed E-state index contributed by atoms with van der Waals surface area (Å²) >= 11 is 5.22. The molecule has 3 aromatic carbocycles. The van der Waals surface area contributed by atoms with Gasteiger partial charge in [-0.25, -0.2) is 0 Å². The molecule has 1 heterocycles. The predicted molar refractivity (Wildman–Crippen MR) is 137 cm³/mol. The van der Waals surface area contributed by atoms with Gasteiger partial charge in [0.25, 0.3) is 11.6 Å². The van der Waals surface area contributed by atoms with Crippen LogP contribution in [0.1, 0.15) is 15.9 Å². The van der Waals surface area contributed by atoms with Gasteiger partial charge >= 0.3 is 0 Å². The Morgan fingerprint density at radius 2 is 1.56 bits per heavy atom. The van der Waals surface area contributed by atoms with Gasteiger partial charge in [-0.05, 0) is 48.1 Å². The van der Waals surface area contributed by atoms with Crippen molar-refractivity contribution in [1.82, 2.24) is 10.2 Å². The van der Waals surface area contributed by atoms with Crippen LogP contribution in [0.3, 0.4) is 0 Å². The molecule has 3 aromatic rings. The third-order valence-corrected chi connectivity index (χ3v) is 5.89. The lowest BCUT2D eigenvalue weighted by molar-refractivity contribution is -0.385. The lowest BCUT2D eigenvalue weighted by atomic mass is 10.1. The van der Waals surface area contributed by atoms with E-state index in [2.05, 4.69) is 44.7 Å². The van der Waals surface area contributed by atoms with Crippen LogP contribution in [-0.4, -0.2) is 47.0 Å². The first-order valence-corrected chi connectivity index (χ1v) is 11.4. The molecule has 0 spiro atoms. The highest BCUT2D eigenvalue weighted by molar-refractivity contribution is 7.80. The number of amides is 1. The molecule has 0 unspecified atom stereocenters. The fourth-order valence-corrected chi connectivity index (χ4v) is 4.13. The minimum atomic E-state index is -0.630. The molecule has 0 aromatic heterocycles. The third-order valence-electron chi connectivity index (χ3n) is 5.68. The normalized spacial score (nSPS) is 13.8. The fraction of sp³-hybridized carbons (Fsp3) is 0.200. The van der Waals surface area contributed by atoms with E-state index in [4.69, 9.17) is 12.2 Å². The van der Waals surface area contributed by atoms with Gasteiger partial charge in [-0.1, -0.05) is 42.5 Å². The summed E-state index contributed by atoms with van der Waals surface area (Å²) in [6.45, 7) is 4.86. The Balaban J connectivity index is 1.28. The third kappa shape index (κ3) is 5.94. The van der Waals surface area contributed by atoms with E-state index in [1.165, 1.54) is 23.8 Å². The van der Waals surface area contributed by atoms with Gasteiger partial charge in [0.1, 0.15) is 5.56 Å². The number of nitro groups is 1. The summed E-state index contributed by atoms with van der Waals surface area (Å²) < 4.78 is 0. The highest BCUT2D eigenvalue weighted by Gasteiger charge is 2.20. The minimum Gasteiger partial charge on any atom is -0.369 e. The standard InChI is InChI=1S/C25H25N5O3S/c31-24(22-8-4-5-9-23(22)30(32)33)27-25(34)26-20-10-12-21(13-11-20)29-16-14-28(15-17-29)18-19-6-2-1-3-7-19/h1-13H,14-18H2,(H2,26,27,31,34). The quantitative estimate of drug-likeness (QED) is 0.316. The number of hydrogen-bond acceptors (Lipinski definition) is 6. The second kappa shape index (κ2) is 10.9. The zero-order valence-corrected chi connectivity index (χ0v) is 19.3. The Bertz CT molecular complexity index is 1160. The smallest absolute Gasteiger partial charge is 0.282 e. The van der Waals surface area contributed by atoms with E-state index in [9.17, 15) is 14.9 Å². The Kier molecular flexibility index (Phi) is 7.46. The average molecular weight is 476 g/mol. The second-order valence-corrected chi connectivity index (χ2v) is 8.39. The number of nitrogens with one attached hydrogen (secondary N) is 2. The van der Waals surface area contributed by atoms with Crippen LogP contribution in [0.2, 0.25) is 0 Å². The number of benzene rings is 3. The van der Waals surface area contributed by atoms with Gasteiger partial charge in [-0.15, -0.1) is 0 Å². The van der Waals surface area contributed by atoms with Crippen molar-refractivity contribution in [3.8, 4) is 0 Å². The molecule has 1 aliphatic rings. The molecule has 0 radical (unpaired) electrons. The molecule has 34 heavy (non-hydrogen) atoms. The van der Waals surface area contributed by atoms with Crippen molar-refractivity contribution in [2.24, 2.45) is 0 Å². The molecule has 0 aliphatic carbocycles. The number of hydrogen-bond donors (Lipinski definition) is 2. The summed E-state index contributed by atoms with van der Waals surface area (Å²) in [5.74, 6) is -0.630. The molecule has 9 heteroatoms. The fourth-order valence-electron chi connectivity index (χ4n) is 3.92. The lowest BCUT2D eigenvalue weighted by Crippen LogP contribution is -2.45. The number of piperazine rings is 1. The van der Waals surface area contributed by atoms with E-state index in [-0.39, 0.29) is 16.4 Å². The number of carbonyl (C=O) groups is 1. The van der Waals surface area contributed by atoms with Crippen LogP contribution >= 0.6 is 12.2 Å². The Morgan fingerprint density at radius 3 is 2.24 bits per heavy atom. The molecule has 1 aliphatic heterocycles. The van der Waals surface area contributed by atoms with Crippen LogP contribution in [0, 0.1) is 10.1 Å². The molecular weight excluding hydrogens is 450 g/mol. The molecule has 1 amide bonds. The van der Waals surface area contributed by atoms with Crippen LogP contribution in [-0.2, 0) is 6.54 Å². The summed E-state index contributed by atoms with van der Waals surface area (Å²) in [6, 6.07) is 24.1. The predicted octanol–water partition coefficient (Wildman–Crippen LogP) is 4.04. The molecule has 174 valence electrons. The van der Waals surface area contributed by atoms with Gasteiger partial charge in [0, 0.05) is 50.2 Å². The van der Waals surface area contributed by atoms with Crippen molar-refractivity contribution in [2.45, 2.75) is 6.54 Å². The Hall–Kier alpha value is -3.82. The molecule has 0 atom stereocenters. The van der Waals surface area contributed by atoms with Crippen LogP contribution in [0.5, 0.6) is 0 Å². The van der Waals surface area contributed by atoms with Gasteiger partial charge < -0.3 is 10.2 Å². The topological polar surface area (TPSA) is 90.8 Å². The van der Waals surface area contributed by atoms with E-state index >= 15 is 0 Å². The van der Waals surface area contributed by atoms with Crippen LogP contribution in [0.25, 0.3) is 0 Å². The maximum atomic E-state index is 12.4. The van der Waals surface area contributed by atoms with Crippen molar-refractivity contribution < 1.29 is 9.72 Å². The first-order chi connectivity index (χ1) is 16.5. The second-order valence-electron chi connectivity index (χ2n) is 7.98. The van der Waals surface area contributed by atoms with Crippen molar-refractivity contribution in [2.75, 3.05) is 36.4 Å². The zero-order valence-electron chi connectivity index (χ0n) is 18.5. The maximum absolute atomic E-state index is 12.4. The first kappa shape index (κ1) is 23.3. The van der Waals surface area contributed by atoms with E-state index in [1.54, 1.807) is 6.07 Å². The van der Waals surface area contributed by atoms with Gasteiger partial charge in [0.05, 0.1) is 4.92 Å². The number of para-hydroxylation sites is 1. The average Bonchev–Trinajstić information content (AvgIpc) is 2.85. The van der Waals surface area contributed by atoms with E-state index < -0.39 is 10.8 Å². The molecule has 1 fully saturated rings. The van der Waals surface area contributed by atoms with Crippen LogP contribution < -0.4 is 15.5 Å². The van der Waals surface area contributed by atoms with Crippen molar-refractivity contribution in [3.05, 3.63) is 100 Å². The van der Waals surface area contributed by atoms with E-state index in [1.807, 2.05) is 30.3 Å². The van der Waals surface area contributed by atoms with Gasteiger partial charge in [-0.2, -0.15) is 0 Å². The van der Waals surface area contributed by atoms with Crippen LogP contribution in [0.15, 0.2) is 78.9 Å². The summed E-state index contributed by atoms with van der Waals surface area (Å²) in [5, 5.41) is 16.7. The van der Waals surface area contributed by atoms with Crippen molar-refractivity contribution in [1.29, 1.82) is 0 Å². The summed E-state index contributed by atoms with van der Waals surface area (Å²) in [4.78, 5) is 27.8. The SMILES string of the molecule is O=C(NC(=S)Nc1ccc(N2CCN(Cc3ccccc3)CC2)cc1)c1ccccc1[N+](=O)[O-]. The number of carbonyl (C=O) groups excluding carboxylic acids is 1. The summed E-state index contributed by atoms with van der Waals surface area (Å²) in [7, 11) is 0. The zero-order chi connectivity index (χ0) is 23.9. The minimum absolute atomic E-state index is 0.0431. The first-order valence-electron chi connectivity index (χ1n) is 11.0. The molecule has 1 saturated heterocycles. The Labute approximate surface area is 203 Å². The molecule has 8 nitrogen and oxygen atoms in total. The molecule has 4 rings (SSSR count). The molecular formula is C25H25N5O3S. The summed E-state index contributed by atoms with van der Waals surface area (Å²) in [6.07, 6.45) is 0. The van der Waals surface area contributed by atoms with E-state index in [0.29, 0.717) is 0 Å². The van der Waals surface area contributed by atoms with Gasteiger partial charge in [-0.3, -0.25) is 25.1 Å². The highest BCUT2D eigenvalue weighted by Crippen LogP contribution is 2.21. The maximum Gasteiger partial charge on any atom is 0.282 e. The largest absolute Gasteiger partial charge is 0.369 e. The van der Waals surface area contributed by atoms with Gasteiger partial charge in [0.15, 0.2) is 5.11 Å². The number of rotatable bonds is 6. The van der Waals surface area contributed by atoms with Crippen molar-refractivity contribution in [3.63, 3.8) is 0 Å². The molecule has 2 N–H and O–H groups in total. The molecule has 0 bridgehead atoms. The van der Waals surface area contributed by atoms with E-state index in [0.717, 1.165) is 44.1 Å². The lowest BCUT2D eigenvalue weighted by Gasteiger charge is -2.36. The Morgan fingerprint density at radius 1 is 0.912 bits per heavy atom. The van der Waals surface area contributed by atoms with Crippen molar-refractivity contribution >= 4 is 40.3 Å².